The van der Waals surface area contributed by atoms with Crippen molar-refractivity contribution in [2.75, 3.05) is 0 Å². The minimum absolute atomic E-state index is 0.691. The van der Waals surface area contributed by atoms with Crippen LogP contribution in [0.15, 0.2) is 18.7 Å². The molecule has 0 fully saturated rings. The number of hydrogen-bond donors (Lipinski definition) is 1. The summed E-state index contributed by atoms with van der Waals surface area (Å²) < 4.78 is 2.49. The van der Waals surface area contributed by atoms with Crippen LogP contribution in [-0.2, 0) is 0 Å². The van der Waals surface area contributed by atoms with Crippen molar-refractivity contribution in [3.8, 4) is 0 Å². The zero-order valence-corrected chi connectivity index (χ0v) is 23.8. The first-order valence-electron chi connectivity index (χ1n) is 15.8. The molecule has 2 nitrogen and oxygen atoms in total. The highest BCUT2D eigenvalue weighted by atomic mass is 15.0. The van der Waals surface area contributed by atoms with Crippen LogP contribution in [0.1, 0.15) is 181 Å². The van der Waals surface area contributed by atoms with Gasteiger partial charge in [0.05, 0.1) is 0 Å². The minimum Gasteiger partial charge on any atom is -0.250 e. The number of rotatable bonds is 26. The van der Waals surface area contributed by atoms with Crippen molar-refractivity contribution in [2.45, 2.75) is 181 Å². The van der Waals surface area contributed by atoms with Gasteiger partial charge in [0.15, 0.2) is 0 Å². The normalized spacial score (nSPS) is 13.4. The topological polar surface area (TPSA) is 19.7 Å². The molecular formula is C32H63N2+. The molecule has 2 unspecified atom stereocenters. The molecule has 2 heteroatoms. The van der Waals surface area contributed by atoms with Gasteiger partial charge in [-0.15, -0.1) is 0 Å². The molecular weight excluding hydrogens is 412 g/mol. The number of hydrogen-bond acceptors (Lipinski definition) is 0. The lowest BCUT2D eigenvalue weighted by atomic mass is 9.87. The van der Waals surface area contributed by atoms with Crippen molar-refractivity contribution in [2.24, 2.45) is 5.92 Å². The first kappa shape index (κ1) is 31.2. The maximum Gasteiger partial charge on any atom is 0.241 e. The summed E-state index contributed by atoms with van der Waals surface area (Å²) in [5.41, 5.74) is 0. The fraction of sp³-hybridized carbons (Fsp3) is 0.906. The highest BCUT2D eigenvalue weighted by Crippen LogP contribution is 2.28. The van der Waals surface area contributed by atoms with E-state index < -0.39 is 0 Å². The molecule has 1 N–H and O–H groups in total. The fourth-order valence-corrected chi connectivity index (χ4v) is 5.62. The van der Waals surface area contributed by atoms with Crippen LogP contribution in [0.3, 0.4) is 0 Å². The minimum atomic E-state index is 0.691. The van der Waals surface area contributed by atoms with Crippen LogP contribution in [0.4, 0.5) is 0 Å². The van der Waals surface area contributed by atoms with Crippen molar-refractivity contribution >= 4 is 0 Å². The lowest BCUT2D eigenvalue weighted by molar-refractivity contribution is -0.724. The van der Waals surface area contributed by atoms with Crippen molar-refractivity contribution in [1.82, 2.24) is 4.98 Å². The van der Waals surface area contributed by atoms with Crippen LogP contribution in [-0.4, -0.2) is 4.98 Å². The Kier molecular flexibility index (Phi) is 22.0. The Hall–Kier alpha value is -0.790. The van der Waals surface area contributed by atoms with E-state index in [2.05, 4.69) is 49.0 Å². The molecule has 0 aliphatic rings. The van der Waals surface area contributed by atoms with Crippen LogP contribution >= 0.6 is 0 Å². The summed E-state index contributed by atoms with van der Waals surface area (Å²) in [6.45, 7) is 6.96. The Labute approximate surface area is 215 Å². The lowest BCUT2D eigenvalue weighted by Gasteiger charge is -2.22. The first-order valence-corrected chi connectivity index (χ1v) is 15.8. The maximum absolute atomic E-state index is 3.31. The van der Waals surface area contributed by atoms with E-state index in [1.165, 1.54) is 154 Å². The standard InChI is InChI=1S/C32H62N2/c1-4-7-10-12-14-15-16-18-20-23-26-32(34-28-27-33-30-34)29-31(24-21-9-6-3)25-22-19-17-13-11-8-5-2/h27-28,30-32H,4-26,29H2,1-3H3/p+1. The monoisotopic (exact) mass is 475 g/mol. The SMILES string of the molecule is CCCCCCCCCCCCC(CC(CCCCC)CCCCCCCCC)[n+]1cc[nH]c1. The summed E-state index contributed by atoms with van der Waals surface area (Å²) in [6, 6.07) is 0.691. The fourth-order valence-electron chi connectivity index (χ4n) is 5.62. The van der Waals surface area contributed by atoms with Gasteiger partial charge in [-0.3, -0.25) is 4.98 Å². The van der Waals surface area contributed by atoms with Gasteiger partial charge < -0.3 is 0 Å². The molecule has 0 aliphatic carbocycles. The summed E-state index contributed by atoms with van der Waals surface area (Å²) in [5, 5.41) is 0. The number of nitrogens with zero attached hydrogens (tertiary/aromatic N) is 1. The Morgan fingerprint density at radius 2 is 0.941 bits per heavy atom. The third kappa shape index (κ3) is 17.6. The summed E-state index contributed by atoms with van der Waals surface area (Å²) in [4.78, 5) is 3.31. The second-order valence-electron chi connectivity index (χ2n) is 11.2. The molecule has 1 aromatic rings. The number of aromatic amines is 1. The van der Waals surface area contributed by atoms with E-state index in [9.17, 15) is 0 Å². The molecule has 0 amide bonds. The molecule has 0 radical (unpaired) electrons. The van der Waals surface area contributed by atoms with Crippen molar-refractivity contribution in [3.63, 3.8) is 0 Å². The number of aromatic nitrogens is 2. The molecule has 34 heavy (non-hydrogen) atoms. The molecule has 0 saturated carbocycles. The van der Waals surface area contributed by atoms with Crippen molar-refractivity contribution in [3.05, 3.63) is 18.7 Å². The molecule has 2 atom stereocenters. The predicted octanol–water partition coefficient (Wildman–Crippen LogP) is 10.9. The van der Waals surface area contributed by atoms with Gasteiger partial charge in [-0.25, -0.2) is 4.57 Å². The first-order chi connectivity index (χ1) is 16.8. The molecule has 0 spiro atoms. The average Bonchev–Trinajstić information content (AvgIpc) is 3.38. The third-order valence-corrected chi connectivity index (χ3v) is 7.92. The van der Waals surface area contributed by atoms with E-state index >= 15 is 0 Å². The average molecular weight is 476 g/mol. The number of unbranched alkanes of at least 4 members (excludes halogenated alkanes) is 17. The van der Waals surface area contributed by atoms with E-state index in [4.69, 9.17) is 0 Å². The van der Waals surface area contributed by atoms with Crippen LogP contribution in [0.25, 0.3) is 0 Å². The Morgan fingerprint density at radius 1 is 0.529 bits per heavy atom. The zero-order valence-electron chi connectivity index (χ0n) is 23.8. The van der Waals surface area contributed by atoms with Crippen LogP contribution in [0, 0.1) is 5.92 Å². The molecule has 0 bridgehead atoms. The van der Waals surface area contributed by atoms with E-state index in [-0.39, 0.29) is 0 Å². The highest BCUT2D eigenvalue weighted by Gasteiger charge is 2.21. The summed E-state index contributed by atoms with van der Waals surface area (Å²) in [7, 11) is 0. The van der Waals surface area contributed by atoms with Gasteiger partial charge in [0.1, 0.15) is 18.4 Å². The molecule has 200 valence electrons. The van der Waals surface area contributed by atoms with Gasteiger partial charge in [0, 0.05) is 0 Å². The largest absolute Gasteiger partial charge is 0.250 e. The molecule has 0 aliphatic heterocycles. The summed E-state index contributed by atoms with van der Waals surface area (Å²) in [6.07, 6.45) is 40.8. The smallest absolute Gasteiger partial charge is 0.241 e. The number of H-pyrrole nitrogens is 1. The second kappa shape index (κ2) is 23.9. The lowest BCUT2D eigenvalue weighted by Crippen LogP contribution is -2.38. The maximum atomic E-state index is 3.31. The highest BCUT2D eigenvalue weighted by molar-refractivity contribution is 4.68. The van der Waals surface area contributed by atoms with Gasteiger partial charge in [-0.2, -0.15) is 0 Å². The summed E-state index contributed by atoms with van der Waals surface area (Å²) >= 11 is 0. The summed E-state index contributed by atoms with van der Waals surface area (Å²) in [5.74, 6) is 0.915. The number of nitrogens with one attached hydrogen (secondary N) is 1. The van der Waals surface area contributed by atoms with E-state index in [0.29, 0.717) is 6.04 Å². The van der Waals surface area contributed by atoms with Crippen LogP contribution in [0.5, 0.6) is 0 Å². The van der Waals surface area contributed by atoms with Crippen molar-refractivity contribution < 1.29 is 4.57 Å². The van der Waals surface area contributed by atoms with Gasteiger partial charge in [0.2, 0.25) is 6.33 Å². The molecule has 1 rings (SSSR count). The van der Waals surface area contributed by atoms with Gasteiger partial charge >= 0.3 is 0 Å². The quantitative estimate of drug-likeness (QED) is 0.101. The third-order valence-electron chi connectivity index (χ3n) is 7.92. The van der Waals surface area contributed by atoms with Crippen LogP contribution in [0.2, 0.25) is 0 Å². The Morgan fingerprint density at radius 3 is 1.41 bits per heavy atom. The molecule has 0 aromatic carbocycles. The van der Waals surface area contributed by atoms with E-state index in [0.717, 1.165) is 5.92 Å². The van der Waals surface area contributed by atoms with Crippen LogP contribution < -0.4 is 4.57 Å². The molecule has 1 heterocycles. The second-order valence-corrected chi connectivity index (χ2v) is 11.2. The molecule has 1 aromatic heterocycles. The molecule has 0 saturated heterocycles. The van der Waals surface area contributed by atoms with Gasteiger partial charge in [-0.1, -0.05) is 156 Å². The Bertz CT molecular complexity index is 495. The number of imidazole rings is 1. The van der Waals surface area contributed by atoms with Gasteiger partial charge in [0.25, 0.3) is 0 Å². The predicted molar refractivity (Wildman–Crippen MR) is 151 cm³/mol. The van der Waals surface area contributed by atoms with Gasteiger partial charge in [-0.05, 0) is 25.2 Å². The van der Waals surface area contributed by atoms with E-state index in [1.54, 1.807) is 0 Å². The van der Waals surface area contributed by atoms with Crippen molar-refractivity contribution in [1.29, 1.82) is 0 Å². The Balaban J connectivity index is 2.36. The zero-order chi connectivity index (χ0) is 24.5. The van der Waals surface area contributed by atoms with E-state index in [1.807, 2.05) is 0 Å².